The topological polar surface area (TPSA) is 23.8 Å². The highest BCUT2D eigenvalue weighted by atomic mass is 14.5. The zero-order valence-electron chi connectivity index (χ0n) is 23.6. The summed E-state index contributed by atoms with van der Waals surface area (Å²) in [6.45, 7) is 4.58. The van der Waals surface area contributed by atoms with Crippen molar-refractivity contribution in [1.29, 1.82) is 5.26 Å². The van der Waals surface area contributed by atoms with Gasteiger partial charge in [-0.2, -0.15) is 5.26 Å². The third kappa shape index (κ3) is 8.36. The number of nitriles is 1. The number of unbranched alkanes of at least 4 members (excludes halogenated alkanes) is 10. The Labute approximate surface area is 223 Å². The molecule has 198 valence electrons. The average molecular weight is 488 g/mol. The van der Waals surface area contributed by atoms with E-state index in [1.807, 2.05) is 0 Å². The molecule has 0 aliphatic heterocycles. The van der Waals surface area contributed by atoms with Crippen LogP contribution in [0, 0.1) is 28.1 Å². The normalized spacial score (nSPS) is 25.9. The first-order valence-electron chi connectivity index (χ1n) is 15.5. The molecule has 1 unspecified atom stereocenters. The molecule has 0 N–H and O–H groups in total. The highest BCUT2D eigenvalue weighted by Crippen LogP contribution is 2.53. The van der Waals surface area contributed by atoms with Crippen molar-refractivity contribution in [2.75, 3.05) is 0 Å². The Bertz CT molecular complexity index is 833. The van der Waals surface area contributed by atoms with Crippen LogP contribution in [0.15, 0.2) is 48.6 Å². The maximum atomic E-state index is 10.2. The Morgan fingerprint density at radius 1 is 0.778 bits per heavy atom. The zero-order valence-corrected chi connectivity index (χ0v) is 23.6. The van der Waals surface area contributed by atoms with Crippen LogP contribution in [0.2, 0.25) is 0 Å². The van der Waals surface area contributed by atoms with E-state index in [9.17, 15) is 5.26 Å². The number of allylic oxidation sites excluding steroid dienone is 4. The fourth-order valence-electron chi connectivity index (χ4n) is 6.87. The van der Waals surface area contributed by atoms with Crippen LogP contribution >= 0.6 is 0 Å². The van der Waals surface area contributed by atoms with Crippen LogP contribution in [0.25, 0.3) is 5.57 Å². The fraction of sp³-hybridized carbons (Fsp3) is 0.686. The van der Waals surface area contributed by atoms with Crippen molar-refractivity contribution in [3.63, 3.8) is 0 Å². The van der Waals surface area contributed by atoms with Crippen molar-refractivity contribution in [3.05, 3.63) is 54.1 Å². The van der Waals surface area contributed by atoms with Crippen molar-refractivity contribution >= 4 is 5.57 Å². The maximum Gasteiger partial charge on any atom is 0.0689 e. The molecule has 1 heteroatoms. The Morgan fingerprint density at radius 2 is 1.36 bits per heavy atom. The molecule has 3 rings (SSSR count). The van der Waals surface area contributed by atoms with E-state index in [-0.39, 0.29) is 5.41 Å². The van der Waals surface area contributed by atoms with Gasteiger partial charge in [-0.05, 0) is 67.4 Å². The number of rotatable bonds is 16. The summed E-state index contributed by atoms with van der Waals surface area (Å²) in [5.41, 5.74) is 2.98. The molecule has 2 aliphatic carbocycles. The van der Waals surface area contributed by atoms with E-state index < -0.39 is 0 Å². The molecule has 0 heterocycles. The first-order chi connectivity index (χ1) is 17.7. The summed E-state index contributed by atoms with van der Waals surface area (Å²) in [4.78, 5) is 0. The lowest BCUT2D eigenvalue weighted by Crippen LogP contribution is -2.36. The van der Waals surface area contributed by atoms with Crippen molar-refractivity contribution in [1.82, 2.24) is 0 Å². The molecule has 1 aromatic rings. The summed E-state index contributed by atoms with van der Waals surface area (Å²) in [7, 11) is 0. The molecule has 0 radical (unpaired) electrons. The van der Waals surface area contributed by atoms with Gasteiger partial charge in [0.25, 0.3) is 0 Å². The van der Waals surface area contributed by atoms with Crippen LogP contribution < -0.4 is 0 Å². The highest BCUT2D eigenvalue weighted by molar-refractivity contribution is 5.75. The lowest BCUT2D eigenvalue weighted by Gasteiger charge is -2.46. The Hall–Kier alpha value is -1.81. The molecular formula is C35H53N. The van der Waals surface area contributed by atoms with Crippen LogP contribution in [0.1, 0.15) is 141 Å². The monoisotopic (exact) mass is 487 g/mol. The first kappa shape index (κ1) is 28.8. The van der Waals surface area contributed by atoms with Crippen molar-refractivity contribution in [2.45, 2.75) is 136 Å². The van der Waals surface area contributed by atoms with Gasteiger partial charge in [0.15, 0.2) is 0 Å². The Kier molecular flexibility index (Phi) is 12.3. The van der Waals surface area contributed by atoms with Crippen molar-refractivity contribution in [3.8, 4) is 6.07 Å². The van der Waals surface area contributed by atoms with Gasteiger partial charge in [-0.1, -0.05) is 139 Å². The van der Waals surface area contributed by atoms with Gasteiger partial charge in [-0.3, -0.25) is 0 Å². The number of hydrogen-bond acceptors (Lipinski definition) is 1. The quantitative estimate of drug-likeness (QED) is 0.213. The second-order valence-corrected chi connectivity index (χ2v) is 12.0. The number of benzene rings is 1. The van der Waals surface area contributed by atoms with Crippen LogP contribution in [-0.4, -0.2) is 0 Å². The lowest BCUT2D eigenvalue weighted by atomic mass is 9.58. The van der Waals surface area contributed by atoms with Gasteiger partial charge in [0.1, 0.15) is 0 Å². The van der Waals surface area contributed by atoms with E-state index >= 15 is 0 Å². The zero-order chi connectivity index (χ0) is 25.5. The van der Waals surface area contributed by atoms with Crippen LogP contribution in [-0.2, 0) is 0 Å². The molecule has 0 amide bonds. The molecule has 0 spiro atoms. The predicted molar refractivity (Wildman–Crippen MR) is 157 cm³/mol. The maximum absolute atomic E-state index is 10.2. The molecule has 0 bridgehead atoms. The molecule has 0 aromatic heterocycles. The van der Waals surface area contributed by atoms with Gasteiger partial charge in [-0.15, -0.1) is 0 Å². The van der Waals surface area contributed by atoms with Gasteiger partial charge < -0.3 is 0 Å². The molecule has 1 aromatic carbocycles. The van der Waals surface area contributed by atoms with Gasteiger partial charge in [-0.25, -0.2) is 0 Å². The molecule has 1 nitrogen and oxygen atoms in total. The van der Waals surface area contributed by atoms with E-state index in [0.717, 1.165) is 25.2 Å². The van der Waals surface area contributed by atoms with Gasteiger partial charge >= 0.3 is 0 Å². The summed E-state index contributed by atoms with van der Waals surface area (Å²) < 4.78 is 0. The summed E-state index contributed by atoms with van der Waals surface area (Å²) in [5.74, 6) is 0.726. The minimum Gasteiger partial charge on any atom is -0.198 e. The molecule has 1 fully saturated rings. The summed E-state index contributed by atoms with van der Waals surface area (Å²) in [5, 5.41) is 10.2. The third-order valence-corrected chi connectivity index (χ3v) is 9.40. The van der Waals surface area contributed by atoms with E-state index in [1.54, 1.807) is 0 Å². The second kappa shape index (κ2) is 15.4. The summed E-state index contributed by atoms with van der Waals surface area (Å²) in [6, 6.07) is 13.7. The largest absolute Gasteiger partial charge is 0.198 e. The molecule has 2 aliphatic rings. The molecule has 0 saturated heterocycles. The van der Waals surface area contributed by atoms with Crippen LogP contribution in [0.3, 0.4) is 0 Å². The van der Waals surface area contributed by atoms with Crippen molar-refractivity contribution < 1.29 is 0 Å². The third-order valence-electron chi connectivity index (χ3n) is 9.40. The smallest absolute Gasteiger partial charge is 0.0689 e. The van der Waals surface area contributed by atoms with E-state index in [0.29, 0.717) is 5.41 Å². The molecular weight excluding hydrogens is 434 g/mol. The van der Waals surface area contributed by atoms with Crippen LogP contribution in [0.4, 0.5) is 0 Å². The summed E-state index contributed by atoms with van der Waals surface area (Å²) in [6.07, 6.45) is 32.0. The number of hydrogen-bond donors (Lipinski definition) is 0. The average Bonchev–Trinajstić information content (AvgIpc) is 2.93. The first-order valence-corrected chi connectivity index (χ1v) is 15.5. The number of nitrogens with zero attached hydrogens (tertiary/aromatic N) is 1. The Morgan fingerprint density at radius 3 is 1.92 bits per heavy atom. The van der Waals surface area contributed by atoms with Gasteiger partial charge in [0.2, 0.25) is 0 Å². The van der Waals surface area contributed by atoms with Crippen molar-refractivity contribution in [2.24, 2.45) is 16.7 Å². The molecule has 36 heavy (non-hydrogen) atoms. The van der Waals surface area contributed by atoms with Gasteiger partial charge in [0.05, 0.1) is 11.5 Å². The minimum atomic E-state index is -0.0490. The molecule has 1 atom stereocenters. The highest BCUT2D eigenvalue weighted by Gasteiger charge is 2.43. The van der Waals surface area contributed by atoms with E-state index in [4.69, 9.17) is 0 Å². The molecule has 1 saturated carbocycles. The SMILES string of the molecule is CCCCCCCCCC1(C2CCC(C#N)(CCCCCCC)CC2)C=CC(c2ccccc2)=CC1. The van der Waals surface area contributed by atoms with E-state index in [1.165, 1.54) is 114 Å². The van der Waals surface area contributed by atoms with Gasteiger partial charge in [0, 0.05) is 0 Å². The Balaban J connectivity index is 1.60. The summed E-state index contributed by atoms with van der Waals surface area (Å²) >= 11 is 0. The van der Waals surface area contributed by atoms with Crippen LogP contribution in [0.5, 0.6) is 0 Å². The predicted octanol–water partition coefficient (Wildman–Crippen LogP) is 11.2. The second-order valence-electron chi connectivity index (χ2n) is 12.0. The minimum absolute atomic E-state index is 0.0490. The lowest BCUT2D eigenvalue weighted by molar-refractivity contribution is 0.100. The standard InChI is InChI=1S/C35H53N/c1-3-5-7-9-10-12-17-25-35(28-20-32(21-29-35)31-18-14-13-15-19-31)33-22-26-34(30-36,27-23-33)24-16-11-8-6-4-2/h13-15,18-21,28,33H,3-12,16-17,22-27,29H2,1-2H3. The fourth-order valence-corrected chi connectivity index (χ4v) is 6.87. The van der Waals surface area contributed by atoms with E-state index in [2.05, 4.69) is 68.5 Å².